The molecular weight excluding hydrogens is 639 g/mol. The first-order chi connectivity index (χ1) is 18.7. The van der Waals surface area contributed by atoms with Crippen LogP contribution in [0.2, 0.25) is 0 Å². The average molecular weight is 669 g/mol. The van der Waals surface area contributed by atoms with Gasteiger partial charge in [0.1, 0.15) is 11.5 Å². The largest absolute Gasteiger partial charge is 2.00 e. The van der Waals surface area contributed by atoms with Crippen LogP contribution in [0.25, 0.3) is 0 Å². The van der Waals surface area contributed by atoms with Crippen molar-refractivity contribution in [3.63, 3.8) is 0 Å². The molecular formula is C34H30CoFe2N2O2. The summed E-state index contributed by atoms with van der Waals surface area (Å²) < 4.78 is 0. The molecule has 0 atom stereocenters. The van der Waals surface area contributed by atoms with E-state index in [1.54, 1.807) is 36.7 Å². The fourth-order valence-corrected chi connectivity index (χ4v) is 3.02. The minimum absolute atomic E-state index is 0. The van der Waals surface area contributed by atoms with Gasteiger partial charge in [-0.25, -0.2) is 24.3 Å². The summed E-state index contributed by atoms with van der Waals surface area (Å²) in [5, 5.41) is 18.9. The second kappa shape index (κ2) is 23.1. The number of hydrogen-bond acceptors (Lipinski definition) is 4. The molecule has 0 heterocycles. The van der Waals surface area contributed by atoms with Crippen molar-refractivity contribution in [2.45, 2.75) is 0 Å². The van der Waals surface area contributed by atoms with E-state index in [4.69, 9.17) is 0 Å². The normalized spacial score (nSPS) is 9.37. The predicted octanol–water partition coefficient (Wildman–Crippen LogP) is 8.53. The monoisotopic (exact) mass is 669 g/mol. The van der Waals surface area contributed by atoms with Crippen LogP contribution in [0.4, 0.5) is 11.4 Å². The van der Waals surface area contributed by atoms with Gasteiger partial charge in [-0.05, 0) is 47.1 Å². The molecule has 2 N–H and O–H groups in total. The van der Waals surface area contributed by atoms with E-state index in [2.05, 4.69) is 9.98 Å². The smallest absolute Gasteiger partial charge is 0.508 e. The third-order valence-corrected chi connectivity index (χ3v) is 4.98. The molecule has 0 aliphatic heterocycles. The van der Waals surface area contributed by atoms with Crippen LogP contribution >= 0.6 is 0 Å². The molecule has 0 aliphatic carbocycles. The first-order valence-electron chi connectivity index (χ1n) is 12.1. The van der Waals surface area contributed by atoms with Gasteiger partial charge in [-0.2, -0.15) is 60.7 Å². The Morgan fingerprint density at radius 3 is 1.07 bits per heavy atom. The standard InChI is InChI=1S/2C12H10NO.2C5H5.Co.2Fe/c2*14-12-8-4-1-5-10(12)9-13-11-6-2-3-7-11;2*1-2-4-5-3-1;;;/h2*1-9,14H;2*1-5H;;;/q4*-1;;2*+2. The van der Waals surface area contributed by atoms with E-state index >= 15 is 0 Å². The molecule has 0 amide bonds. The van der Waals surface area contributed by atoms with Gasteiger partial charge in [-0.3, -0.25) is 0 Å². The second-order valence-electron chi connectivity index (χ2n) is 7.84. The maximum Gasteiger partial charge on any atom is 2.00 e. The molecule has 0 spiro atoms. The quantitative estimate of drug-likeness (QED) is 0.112. The van der Waals surface area contributed by atoms with E-state index in [-0.39, 0.29) is 62.4 Å². The Bertz CT molecular complexity index is 1280. The van der Waals surface area contributed by atoms with Gasteiger partial charge in [-0.15, -0.1) is 24.3 Å². The Morgan fingerprint density at radius 2 is 0.805 bits per heavy atom. The van der Waals surface area contributed by atoms with Gasteiger partial charge in [0.05, 0.1) is 0 Å². The van der Waals surface area contributed by atoms with Crippen LogP contribution in [0.3, 0.4) is 0 Å². The second-order valence-corrected chi connectivity index (χ2v) is 7.84. The molecule has 4 nitrogen and oxygen atoms in total. The van der Waals surface area contributed by atoms with Gasteiger partial charge in [0.15, 0.2) is 0 Å². The van der Waals surface area contributed by atoms with Crippen LogP contribution in [0.1, 0.15) is 11.1 Å². The zero-order valence-corrected chi connectivity index (χ0v) is 25.2. The fraction of sp³-hybridized carbons (Fsp3) is 0. The first-order valence-corrected chi connectivity index (χ1v) is 12.1. The number of para-hydroxylation sites is 2. The number of hydrogen-bond donors (Lipinski definition) is 2. The average Bonchev–Trinajstić information content (AvgIpc) is 3.78. The fourth-order valence-electron chi connectivity index (χ4n) is 3.02. The number of aliphatic imine (C=N–C) groups is 2. The van der Waals surface area contributed by atoms with E-state index in [0.29, 0.717) is 0 Å². The molecule has 0 aliphatic rings. The predicted molar refractivity (Wildman–Crippen MR) is 159 cm³/mol. The van der Waals surface area contributed by atoms with Crippen LogP contribution in [0.5, 0.6) is 11.5 Å². The van der Waals surface area contributed by atoms with Gasteiger partial charge in [0, 0.05) is 16.8 Å². The topological polar surface area (TPSA) is 65.2 Å². The number of benzene rings is 2. The van der Waals surface area contributed by atoms with E-state index in [1.807, 2.05) is 133 Å². The Kier molecular flexibility index (Phi) is 21.0. The Morgan fingerprint density at radius 1 is 0.488 bits per heavy atom. The molecule has 0 saturated carbocycles. The molecule has 6 aromatic carbocycles. The van der Waals surface area contributed by atoms with Gasteiger partial charge in [0.2, 0.25) is 0 Å². The van der Waals surface area contributed by atoms with Crippen molar-refractivity contribution in [2.75, 3.05) is 0 Å². The molecule has 0 bridgehead atoms. The summed E-state index contributed by atoms with van der Waals surface area (Å²) in [6, 6.07) is 49.6. The van der Waals surface area contributed by atoms with E-state index < -0.39 is 0 Å². The number of aromatic hydroxyl groups is 2. The number of phenolic OH excluding ortho intramolecular Hbond substituents is 2. The summed E-state index contributed by atoms with van der Waals surface area (Å²) >= 11 is 0. The van der Waals surface area contributed by atoms with Crippen molar-refractivity contribution in [3.8, 4) is 11.5 Å². The summed E-state index contributed by atoms with van der Waals surface area (Å²) in [6.45, 7) is 0. The summed E-state index contributed by atoms with van der Waals surface area (Å²) in [7, 11) is 0. The summed E-state index contributed by atoms with van der Waals surface area (Å²) in [4.78, 5) is 8.42. The SMILES string of the molecule is Oc1ccccc1C=N[c-]1cccc1.Oc1ccccc1C=N[c-]1cccc1.[Co].[Fe+2].[Fe+2].c1cc[cH-]c1.c1cc[cH-]c1. The van der Waals surface area contributed by atoms with Crippen LogP contribution in [-0.2, 0) is 50.9 Å². The zero-order valence-electron chi connectivity index (χ0n) is 22.0. The minimum Gasteiger partial charge on any atom is -0.508 e. The number of nitrogens with zero attached hydrogens (tertiary/aromatic N) is 2. The Balaban J connectivity index is 0.000000556. The summed E-state index contributed by atoms with van der Waals surface area (Å²) in [5.74, 6) is 0.505. The van der Waals surface area contributed by atoms with Gasteiger partial charge >= 0.3 is 34.1 Å². The Labute approximate surface area is 273 Å². The molecule has 213 valence electrons. The zero-order chi connectivity index (χ0) is 26.7. The van der Waals surface area contributed by atoms with E-state index in [9.17, 15) is 10.2 Å². The maximum absolute atomic E-state index is 9.45. The van der Waals surface area contributed by atoms with Crippen molar-refractivity contribution in [1.29, 1.82) is 0 Å². The maximum atomic E-state index is 9.45. The number of phenols is 2. The molecule has 1 radical (unpaired) electrons. The van der Waals surface area contributed by atoms with Crippen LogP contribution < -0.4 is 0 Å². The third-order valence-electron chi connectivity index (χ3n) is 4.98. The van der Waals surface area contributed by atoms with Gasteiger partial charge in [-0.1, -0.05) is 36.4 Å². The first kappa shape index (κ1) is 37.3. The third kappa shape index (κ3) is 15.6. The van der Waals surface area contributed by atoms with Gasteiger partial charge < -0.3 is 20.2 Å². The van der Waals surface area contributed by atoms with Crippen molar-refractivity contribution in [2.24, 2.45) is 9.98 Å². The van der Waals surface area contributed by atoms with Crippen molar-refractivity contribution in [1.82, 2.24) is 0 Å². The molecule has 0 fully saturated rings. The molecule has 0 aromatic heterocycles. The van der Waals surface area contributed by atoms with Crippen LogP contribution in [-0.4, -0.2) is 22.6 Å². The molecule has 41 heavy (non-hydrogen) atoms. The summed E-state index contributed by atoms with van der Waals surface area (Å²) in [6.07, 6.45) is 3.31. The van der Waals surface area contributed by atoms with Gasteiger partial charge in [0.25, 0.3) is 0 Å². The summed E-state index contributed by atoms with van der Waals surface area (Å²) in [5.41, 5.74) is 3.25. The van der Waals surface area contributed by atoms with Crippen molar-refractivity contribution in [3.05, 3.63) is 169 Å². The molecule has 6 rings (SSSR count). The molecule has 7 heteroatoms. The van der Waals surface area contributed by atoms with Crippen molar-refractivity contribution >= 4 is 23.8 Å². The molecule has 6 aromatic rings. The minimum atomic E-state index is 0. The molecule has 0 unspecified atom stereocenters. The van der Waals surface area contributed by atoms with Crippen LogP contribution in [0, 0.1) is 0 Å². The Hall–Kier alpha value is -3.67. The molecule has 0 saturated heterocycles. The van der Waals surface area contributed by atoms with Crippen molar-refractivity contribution < 1.29 is 61.1 Å². The van der Waals surface area contributed by atoms with Crippen LogP contribution in [0.15, 0.2) is 168 Å². The van der Waals surface area contributed by atoms with E-state index in [0.717, 1.165) is 22.5 Å². The van der Waals surface area contributed by atoms with E-state index in [1.165, 1.54) is 0 Å². The number of rotatable bonds is 4.